The summed E-state index contributed by atoms with van der Waals surface area (Å²) in [5, 5.41) is 1.71. The van der Waals surface area contributed by atoms with Gasteiger partial charge in [0.05, 0.1) is 12.6 Å². The topological polar surface area (TPSA) is 29.5 Å². The quantitative estimate of drug-likeness (QED) is 0.472. The van der Waals surface area contributed by atoms with E-state index in [2.05, 4.69) is 20.8 Å². The Hall–Kier alpha value is -1.27. The Morgan fingerprint density at radius 3 is 2.40 bits per heavy atom. The number of thioether (sulfide) groups is 1. The molecule has 0 bridgehead atoms. The normalized spacial score (nSPS) is 17.5. The summed E-state index contributed by atoms with van der Waals surface area (Å²) in [7, 11) is 0. The van der Waals surface area contributed by atoms with Gasteiger partial charge in [0.15, 0.2) is 0 Å². The maximum absolute atomic E-state index is 12.5. The molecule has 3 nitrogen and oxygen atoms in total. The molecule has 0 aromatic heterocycles. The smallest absolute Gasteiger partial charge is 0.249 e. The van der Waals surface area contributed by atoms with E-state index in [1.54, 1.807) is 12.1 Å². The van der Waals surface area contributed by atoms with Crippen molar-refractivity contribution in [3.63, 3.8) is 0 Å². The zero-order valence-corrected chi connectivity index (χ0v) is 19.8. The zero-order chi connectivity index (χ0) is 22.1. The summed E-state index contributed by atoms with van der Waals surface area (Å²) in [5.41, 5.74) is 1.09. The van der Waals surface area contributed by atoms with E-state index in [-0.39, 0.29) is 30.4 Å². The second-order valence-electron chi connectivity index (χ2n) is 7.27. The second kappa shape index (κ2) is 12.6. The second-order valence-corrected chi connectivity index (χ2v) is 9.75. The van der Waals surface area contributed by atoms with Crippen LogP contribution in [-0.2, 0) is 9.53 Å². The number of hydrogen-bond donors (Lipinski definition) is 0. The molecule has 30 heavy (non-hydrogen) atoms. The van der Waals surface area contributed by atoms with Gasteiger partial charge in [-0.2, -0.15) is 11.8 Å². The minimum Gasteiger partial charge on any atom is -0.369 e. The lowest BCUT2D eigenvalue weighted by molar-refractivity contribution is -0.151. The monoisotopic (exact) mass is 471 g/mol. The van der Waals surface area contributed by atoms with Gasteiger partial charge in [0.1, 0.15) is 12.4 Å². The molecule has 2 aromatic rings. The lowest BCUT2D eigenvalue weighted by Gasteiger charge is -2.41. The Labute approximate surface area is 192 Å². The molecule has 0 aliphatic carbocycles. The fourth-order valence-corrected chi connectivity index (χ4v) is 4.45. The minimum atomic E-state index is -0.294. The number of ether oxygens (including phenoxy) is 1. The highest BCUT2D eigenvalue weighted by Gasteiger charge is 2.34. The highest BCUT2D eigenvalue weighted by Crippen LogP contribution is 2.30. The lowest BCUT2D eigenvalue weighted by Crippen LogP contribution is -2.50. The van der Waals surface area contributed by atoms with Crippen LogP contribution in [0.15, 0.2) is 48.5 Å². The van der Waals surface area contributed by atoms with E-state index < -0.39 is 0 Å². The molecule has 2 aromatic carbocycles. The Kier molecular flexibility index (Phi) is 10.5. The molecular weight excluding hydrogens is 444 g/mol. The number of rotatable bonds is 6. The SMILES string of the molecule is CC[C@@H](CSC(C)C)N1C(=O)COC[C@H]1c1ccc(Cl)cc1.Fc1cccc(Cl)c1. The number of carbonyl (C=O) groups excluding carboxylic acids is 1. The third kappa shape index (κ3) is 7.77. The van der Waals surface area contributed by atoms with E-state index >= 15 is 0 Å². The van der Waals surface area contributed by atoms with Crippen molar-refractivity contribution >= 4 is 40.9 Å². The largest absolute Gasteiger partial charge is 0.369 e. The Morgan fingerprint density at radius 2 is 1.87 bits per heavy atom. The number of morpholine rings is 1. The number of benzene rings is 2. The molecule has 1 saturated heterocycles. The fraction of sp³-hybridized carbons (Fsp3) is 0.435. The average Bonchev–Trinajstić information content (AvgIpc) is 2.70. The van der Waals surface area contributed by atoms with Crippen molar-refractivity contribution in [1.29, 1.82) is 0 Å². The van der Waals surface area contributed by atoms with E-state index in [1.807, 2.05) is 40.9 Å². The maximum atomic E-state index is 12.5. The molecule has 2 atom stereocenters. The van der Waals surface area contributed by atoms with Gasteiger partial charge in [-0.25, -0.2) is 4.39 Å². The van der Waals surface area contributed by atoms with Crippen LogP contribution < -0.4 is 0 Å². The third-order valence-corrected chi connectivity index (χ3v) is 6.38. The van der Waals surface area contributed by atoms with Gasteiger partial charge in [-0.15, -0.1) is 0 Å². The van der Waals surface area contributed by atoms with Gasteiger partial charge < -0.3 is 9.64 Å². The molecule has 1 amide bonds. The third-order valence-electron chi connectivity index (χ3n) is 4.65. The number of amides is 1. The molecule has 1 aliphatic rings. The highest BCUT2D eigenvalue weighted by atomic mass is 35.5. The standard InChI is InChI=1S/C17H24ClNO2S.C6H4ClF/c1-4-15(11-22-12(2)3)19-16(9-21-10-17(19)20)13-5-7-14(18)8-6-13;7-5-2-1-3-6(8)4-5/h5-8,12,15-16H,4,9-11H2,1-3H3;1-4H/t15-,16-;/m0./s1. The van der Waals surface area contributed by atoms with Crippen LogP contribution in [0.3, 0.4) is 0 Å². The lowest BCUT2D eigenvalue weighted by atomic mass is 10.0. The van der Waals surface area contributed by atoms with Crippen LogP contribution in [0.2, 0.25) is 10.0 Å². The first-order valence-electron chi connectivity index (χ1n) is 9.98. The zero-order valence-electron chi connectivity index (χ0n) is 17.5. The summed E-state index contributed by atoms with van der Waals surface area (Å²) in [6, 6.07) is 13.8. The van der Waals surface area contributed by atoms with Crippen molar-refractivity contribution in [2.45, 2.75) is 44.5 Å². The summed E-state index contributed by atoms with van der Waals surface area (Å²) in [6.45, 7) is 7.26. The summed E-state index contributed by atoms with van der Waals surface area (Å²) in [5.74, 6) is 0.754. The molecule has 0 unspecified atom stereocenters. The molecule has 0 N–H and O–H groups in total. The first kappa shape index (κ1) is 25.0. The summed E-state index contributed by atoms with van der Waals surface area (Å²) < 4.78 is 17.6. The van der Waals surface area contributed by atoms with Crippen molar-refractivity contribution in [3.8, 4) is 0 Å². The van der Waals surface area contributed by atoms with Gasteiger partial charge in [0.2, 0.25) is 5.91 Å². The number of carbonyl (C=O) groups is 1. The summed E-state index contributed by atoms with van der Waals surface area (Å²) >= 11 is 13.3. The number of nitrogens with zero attached hydrogens (tertiary/aromatic N) is 1. The van der Waals surface area contributed by atoms with E-state index in [0.717, 1.165) is 17.7 Å². The Balaban J connectivity index is 0.000000335. The van der Waals surface area contributed by atoms with Crippen LogP contribution in [-0.4, -0.2) is 41.1 Å². The van der Waals surface area contributed by atoms with Gasteiger partial charge >= 0.3 is 0 Å². The van der Waals surface area contributed by atoms with Crippen molar-refractivity contribution in [2.75, 3.05) is 19.0 Å². The van der Waals surface area contributed by atoms with Gasteiger partial charge in [-0.05, 0) is 47.6 Å². The molecule has 1 fully saturated rings. The molecule has 1 aliphatic heterocycles. The molecule has 0 radical (unpaired) electrons. The summed E-state index contributed by atoms with van der Waals surface area (Å²) in [4.78, 5) is 14.5. The van der Waals surface area contributed by atoms with Crippen LogP contribution in [0.5, 0.6) is 0 Å². The van der Waals surface area contributed by atoms with Crippen molar-refractivity contribution in [3.05, 3.63) is 70.0 Å². The molecule has 1 heterocycles. The van der Waals surface area contributed by atoms with Crippen molar-refractivity contribution < 1.29 is 13.9 Å². The average molecular weight is 472 g/mol. The van der Waals surface area contributed by atoms with Gasteiger partial charge in [-0.3, -0.25) is 4.79 Å². The fourth-order valence-electron chi connectivity index (χ4n) is 3.14. The molecule has 0 spiro atoms. The van der Waals surface area contributed by atoms with Crippen LogP contribution in [0.1, 0.15) is 38.8 Å². The van der Waals surface area contributed by atoms with Gasteiger partial charge in [0.25, 0.3) is 0 Å². The first-order valence-corrected chi connectivity index (χ1v) is 11.8. The number of halogens is 3. The maximum Gasteiger partial charge on any atom is 0.249 e. The van der Waals surface area contributed by atoms with Crippen LogP contribution in [0, 0.1) is 5.82 Å². The van der Waals surface area contributed by atoms with Crippen LogP contribution in [0.25, 0.3) is 0 Å². The molecule has 0 saturated carbocycles. The van der Waals surface area contributed by atoms with E-state index in [0.29, 0.717) is 21.9 Å². The van der Waals surface area contributed by atoms with E-state index in [9.17, 15) is 9.18 Å². The Bertz CT molecular complexity index is 787. The predicted molar refractivity (Wildman–Crippen MR) is 125 cm³/mol. The number of hydrogen-bond acceptors (Lipinski definition) is 3. The molecule has 7 heteroatoms. The van der Waals surface area contributed by atoms with Crippen molar-refractivity contribution in [2.24, 2.45) is 0 Å². The van der Waals surface area contributed by atoms with E-state index in [4.69, 9.17) is 27.9 Å². The first-order chi connectivity index (χ1) is 14.3. The molecule has 3 rings (SSSR count). The molecule has 164 valence electrons. The van der Waals surface area contributed by atoms with Gasteiger partial charge in [0, 0.05) is 21.8 Å². The van der Waals surface area contributed by atoms with Crippen molar-refractivity contribution in [1.82, 2.24) is 4.90 Å². The molecular formula is C23H28Cl2FNO2S. The predicted octanol–water partition coefficient (Wildman–Crippen LogP) is 6.64. The van der Waals surface area contributed by atoms with Crippen LogP contribution in [0.4, 0.5) is 4.39 Å². The van der Waals surface area contributed by atoms with E-state index in [1.165, 1.54) is 12.1 Å². The minimum absolute atomic E-state index is 0.0174. The van der Waals surface area contributed by atoms with Gasteiger partial charge in [-0.1, -0.05) is 62.2 Å². The highest BCUT2D eigenvalue weighted by molar-refractivity contribution is 7.99. The Morgan fingerprint density at radius 1 is 1.17 bits per heavy atom. The van der Waals surface area contributed by atoms with Crippen LogP contribution >= 0.6 is 35.0 Å². The summed E-state index contributed by atoms with van der Waals surface area (Å²) in [6.07, 6.45) is 0.954.